The number of Topliss-reactive ketones (excluding diaryl/α,β-unsaturated/α-hetero) is 1. The summed E-state index contributed by atoms with van der Waals surface area (Å²) in [4.78, 5) is 16.9. The smallest absolute Gasteiger partial charge is 0.162 e. The quantitative estimate of drug-likeness (QED) is 0.667. The Hall–Kier alpha value is -2.99. The maximum absolute atomic E-state index is 11.9. The van der Waals surface area contributed by atoms with E-state index in [1.807, 2.05) is 54.0 Å². The first-order chi connectivity index (χ1) is 13.5. The Labute approximate surface area is 167 Å². The van der Waals surface area contributed by atoms with Crippen LogP contribution in [0.3, 0.4) is 0 Å². The number of aryl methyl sites for hydroxylation is 1. The van der Waals surface area contributed by atoms with Crippen molar-refractivity contribution in [1.29, 1.82) is 0 Å². The normalized spacial score (nSPS) is 15.3. The monoisotopic (exact) mass is 394 g/mol. The zero-order valence-corrected chi connectivity index (χ0v) is 16.6. The van der Waals surface area contributed by atoms with E-state index in [1.165, 1.54) is 0 Å². The molecule has 3 aromatic rings. The van der Waals surface area contributed by atoms with E-state index in [4.69, 9.17) is 21.3 Å². The Kier molecular flexibility index (Phi) is 4.73. The van der Waals surface area contributed by atoms with Gasteiger partial charge in [0.25, 0.3) is 0 Å². The zero-order valence-electron chi connectivity index (χ0n) is 15.8. The summed E-state index contributed by atoms with van der Waals surface area (Å²) >= 11 is 6.08. The summed E-state index contributed by atoms with van der Waals surface area (Å²) in [6, 6.07) is 12.9. The summed E-state index contributed by atoms with van der Waals surface area (Å²) < 4.78 is 7.41. The molecule has 0 bridgehead atoms. The molecule has 0 saturated heterocycles. The molecule has 1 aliphatic heterocycles. The van der Waals surface area contributed by atoms with Crippen molar-refractivity contribution in [3.63, 3.8) is 0 Å². The fraction of sp³-hybridized carbons (Fsp3) is 0.238. The molecule has 6 nitrogen and oxygen atoms in total. The van der Waals surface area contributed by atoms with Crippen molar-refractivity contribution in [2.45, 2.75) is 26.3 Å². The second kappa shape index (κ2) is 7.20. The molecular weight excluding hydrogens is 376 g/mol. The predicted molar refractivity (Wildman–Crippen MR) is 108 cm³/mol. The summed E-state index contributed by atoms with van der Waals surface area (Å²) in [6.07, 6.45) is 0.250. The number of nitrogens with zero attached hydrogens (tertiary/aromatic N) is 4. The van der Waals surface area contributed by atoms with Crippen LogP contribution in [0, 0.1) is 6.92 Å². The van der Waals surface area contributed by atoms with Crippen molar-refractivity contribution in [3.05, 3.63) is 70.3 Å². The molecule has 1 aliphatic rings. The number of rotatable bonds is 4. The topological polar surface area (TPSA) is 69.4 Å². The molecule has 4 rings (SSSR count). The molecule has 142 valence electrons. The minimum atomic E-state index is -0.428. The van der Waals surface area contributed by atoms with Crippen LogP contribution in [0.1, 0.15) is 42.2 Å². The van der Waals surface area contributed by atoms with E-state index >= 15 is 0 Å². The molecule has 0 radical (unpaired) electrons. The number of hydrogen-bond acceptors (Lipinski definition) is 5. The van der Waals surface area contributed by atoms with Gasteiger partial charge in [0.05, 0.1) is 18.5 Å². The molecule has 28 heavy (non-hydrogen) atoms. The fourth-order valence-corrected chi connectivity index (χ4v) is 3.58. The number of methoxy groups -OCH3 is 1. The molecule has 2 aromatic carbocycles. The third-order valence-electron chi connectivity index (χ3n) is 4.73. The van der Waals surface area contributed by atoms with E-state index in [0.717, 1.165) is 34.1 Å². The standard InChI is InChI=1S/C21H19ClN4O2/c1-12(27)10-18-21-25-24-13(2)26(21)19-9-8-16(28-3)11-17(19)20(23-18)14-4-6-15(22)7-5-14/h4-9,11,18H,10H2,1-3H3/t18-/m0/s1. The number of ketones is 1. The summed E-state index contributed by atoms with van der Waals surface area (Å²) in [5.74, 6) is 2.16. The maximum atomic E-state index is 11.9. The summed E-state index contributed by atoms with van der Waals surface area (Å²) in [5, 5.41) is 9.22. The molecule has 0 aliphatic carbocycles. The zero-order chi connectivity index (χ0) is 19.8. The van der Waals surface area contributed by atoms with E-state index in [9.17, 15) is 4.79 Å². The average molecular weight is 395 g/mol. The second-order valence-corrected chi connectivity index (χ2v) is 7.17. The van der Waals surface area contributed by atoms with Crippen LogP contribution in [-0.2, 0) is 4.79 Å². The van der Waals surface area contributed by atoms with Crippen molar-refractivity contribution < 1.29 is 9.53 Å². The Bertz CT molecular complexity index is 1090. The highest BCUT2D eigenvalue weighted by molar-refractivity contribution is 6.30. The molecule has 0 saturated carbocycles. The Morgan fingerprint density at radius 1 is 1.18 bits per heavy atom. The maximum Gasteiger partial charge on any atom is 0.162 e. The Balaban J connectivity index is 2.02. The van der Waals surface area contributed by atoms with Crippen molar-refractivity contribution in [2.75, 3.05) is 7.11 Å². The van der Waals surface area contributed by atoms with Gasteiger partial charge in [-0.1, -0.05) is 23.7 Å². The second-order valence-electron chi connectivity index (χ2n) is 6.73. The van der Waals surface area contributed by atoms with Crippen molar-refractivity contribution >= 4 is 23.1 Å². The SMILES string of the molecule is COc1ccc2c(c1)C(c1ccc(Cl)cc1)=N[C@@H](CC(C)=O)c1nnc(C)n1-2. The van der Waals surface area contributed by atoms with Crippen LogP contribution in [0.5, 0.6) is 5.75 Å². The molecule has 0 fully saturated rings. The van der Waals surface area contributed by atoms with Crippen molar-refractivity contribution in [2.24, 2.45) is 4.99 Å². The number of fused-ring (bicyclic) bond motifs is 3. The third kappa shape index (κ3) is 3.20. The third-order valence-corrected chi connectivity index (χ3v) is 4.98. The van der Waals surface area contributed by atoms with Gasteiger partial charge in [0.15, 0.2) is 5.82 Å². The number of carbonyl (C=O) groups excluding carboxylic acids is 1. The van der Waals surface area contributed by atoms with Crippen LogP contribution >= 0.6 is 11.6 Å². The molecule has 1 atom stereocenters. The van der Waals surface area contributed by atoms with E-state index in [0.29, 0.717) is 10.8 Å². The number of hydrogen-bond donors (Lipinski definition) is 0. The lowest BCUT2D eigenvalue weighted by atomic mass is 10.00. The minimum absolute atomic E-state index is 0.0416. The predicted octanol–water partition coefficient (Wildman–Crippen LogP) is 4.11. The lowest BCUT2D eigenvalue weighted by Gasteiger charge is -2.14. The highest BCUT2D eigenvalue weighted by Gasteiger charge is 2.29. The number of carbonyl (C=O) groups is 1. The molecule has 0 amide bonds. The highest BCUT2D eigenvalue weighted by atomic mass is 35.5. The number of aromatic nitrogens is 3. The van der Waals surface area contributed by atoms with Gasteiger partial charge in [-0.05, 0) is 44.2 Å². The molecule has 7 heteroatoms. The first-order valence-corrected chi connectivity index (χ1v) is 9.29. The molecule has 0 spiro atoms. The first-order valence-electron chi connectivity index (χ1n) is 8.92. The Morgan fingerprint density at radius 2 is 1.93 bits per heavy atom. The lowest BCUT2D eigenvalue weighted by Crippen LogP contribution is -2.09. The minimum Gasteiger partial charge on any atom is -0.497 e. The van der Waals surface area contributed by atoms with Crippen LogP contribution < -0.4 is 4.74 Å². The molecular formula is C21H19ClN4O2. The molecule has 2 heterocycles. The highest BCUT2D eigenvalue weighted by Crippen LogP contribution is 2.34. The van der Waals surface area contributed by atoms with Crippen LogP contribution in [0.2, 0.25) is 5.02 Å². The van der Waals surface area contributed by atoms with Gasteiger partial charge in [0.2, 0.25) is 0 Å². The van der Waals surface area contributed by atoms with Gasteiger partial charge < -0.3 is 4.74 Å². The van der Waals surface area contributed by atoms with E-state index < -0.39 is 6.04 Å². The van der Waals surface area contributed by atoms with Crippen molar-refractivity contribution in [1.82, 2.24) is 14.8 Å². The molecule has 1 aromatic heterocycles. The van der Waals surface area contributed by atoms with Crippen LogP contribution in [-0.4, -0.2) is 33.4 Å². The van der Waals surface area contributed by atoms with Gasteiger partial charge >= 0.3 is 0 Å². The average Bonchev–Trinajstić information content (AvgIpc) is 3.00. The van der Waals surface area contributed by atoms with Crippen LogP contribution in [0.25, 0.3) is 5.69 Å². The number of ether oxygens (including phenoxy) is 1. The van der Waals surface area contributed by atoms with Gasteiger partial charge in [-0.15, -0.1) is 10.2 Å². The lowest BCUT2D eigenvalue weighted by molar-refractivity contribution is -0.117. The van der Waals surface area contributed by atoms with E-state index in [1.54, 1.807) is 14.0 Å². The van der Waals surface area contributed by atoms with Crippen molar-refractivity contribution in [3.8, 4) is 11.4 Å². The fourth-order valence-electron chi connectivity index (χ4n) is 3.45. The van der Waals surface area contributed by atoms with Gasteiger partial charge in [0, 0.05) is 22.6 Å². The van der Waals surface area contributed by atoms with Gasteiger partial charge in [-0.2, -0.15) is 0 Å². The van der Waals surface area contributed by atoms with Gasteiger partial charge in [-0.3, -0.25) is 14.4 Å². The summed E-state index contributed by atoms with van der Waals surface area (Å²) in [7, 11) is 1.63. The summed E-state index contributed by atoms with van der Waals surface area (Å²) in [5.41, 5.74) is 3.46. The number of aliphatic imine (C=N–C) groups is 1. The first kappa shape index (κ1) is 18.4. The number of halogens is 1. The molecule has 0 N–H and O–H groups in total. The van der Waals surface area contributed by atoms with Crippen LogP contribution in [0.15, 0.2) is 47.5 Å². The van der Waals surface area contributed by atoms with E-state index in [-0.39, 0.29) is 12.2 Å². The van der Waals surface area contributed by atoms with Gasteiger partial charge in [-0.25, -0.2) is 0 Å². The van der Waals surface area contributed by atoms with Gasteiger partial charge in [0.1, 0.15) is 23.4 Å². The molecule has 0 unspecified atom stereocenters. The Morgan fingerprint density at radius 3 is 2.61 bits per heavy atom. The summed E-state index contributed by atoms with van der Waals surface area (Å²) in [6.45, 7) is 3.45. The van der Waals surface area contributed by atoms with Crippen LogP contribution in [0.4, 0.5) is 0 Å². The van der Waals surface area contributed by atoms with E-state index in [2.05, 4.69) is 10.2 Å². The number of benzene rings is 2. The largest absolute Gasteiger partial charge is 0.497 e.